The Balaban J connectivity index is 2.02. The van der Waals surface area contributed by atoms with E-state index in [0.29, 0.717) is 5.92 Å². The molecule has 0 aromatic carbocycles. The first-order chi connectivity index (χ1) is 8.16. The van der Waals surface area contributed by atoms with Crippen LogP contribution in [0.4, 0.5) is 0 Å². The summed E-state index contributed by atoms with van der Waals surface area (Å²) in [5, 5.41) is 5.89. The van der Waals surface area contributed by atoms with Gasteiger partial charge in [0.2, 0.25) is 0 Å². The second-order valence-electron chi connectivity index (χ2n) is 5.58. The lowest BCUT2D eigenvalue weighted by atomic mass is 9.69. The Hall–Kier alpha value is -0.380. The second-order valence-corrected chi connectivity index (χ2v) is 6.61. The van der Waals surface area contributed by atoms with E-state index in [1.807, 2.05) is 11.3 Å². The fraction of sp³-hybridized carbons (Fsp3) is 0.714. The van der Waals surface area contributed by atoms with E-state index in [0.717, 1.165) is 19.0 Å². The Labute approximate surface area is 109 Å². The van der Waals surface area contributed by atoms with Gasteiger partial charge >= 0.3 is 0 Å². The van der Waals surface area contributed by atoms with Gasteiger partial charge < -0.3 is 11.1 Å². The Morgan fingerprint density at radius 2 is 2.29 bits per heavy atom. The van der Waals surface area contributed by atoms with Crippen LogP contribution in [-0.2, 0) is 6.54 Å². The molecular weight excluding hydrogens is 228 g/mol. The monoisotopic (exact) mass is 252 g/mol. The standard InChI is InChI=1S/C14H24N2S/c1-11-5-6-12(2)14(8-11,10-15)16-9-13-4-3-7-17-13/h3-4,7,11-12,16H,5-6,8-10,15H2,1-2H3. The SMILES string of the molecule is CC1CCC(C)C(CN)(NCc2cccs2)C1. The molecule has 1 heterocycles. The van der Waals surface area contributed by atoms with Crippen molar-refractivity contribution in [1.29, 1.82) is 0 Å². The summed E-state index contributed by atoms with van der Waals surface area (Å²) < 4.78 is 0. The fourth-order valence-electron chi connectivity index (χ4n) is 3.02. The van der Waals surface area contributed by atoms with Crippen LogP contribution in [0, 0.1) is 11.8 Å². The van der Waals surface area contributed by atoms with Gasteiger partial charge in [0.1, 0.15) is 0 Å². The summed E-state index contributed by atoms with van der Waals surface area (Å²) in [4.78, 5) is 1.41. The van der Waals surface area contributed by atoms with Crippen LogP contribution in [0.15, 0.2) is 17.5 Å². The molecule has 3 atom stereocenters. The van der Waals surface area contributed by atoms with Crippen LogP contribution in [0.25, 0.3) is 0 Å². The first-order valence-corrected chi connectivity index (χ1v) is 7.52. The van der Waals surface area contributed by atoms with Crippen molar-refractivity contribution < 1.29 is 0 Å². The Morgan fingerprint density at radius 3 is 2.94 bits per heavy atom. The summed E-state index contributed by atoms with van der Waals surface area (Å²) in [5.41, 5.74) is 6.23. The van der Waals surface area contributed by atoms with Gasteiger partial charge in [0.25, 0.3) is 0 Å². The minimum Gasteiger partial charge on any atom is -0.329 e. The molecule has 0 amide bonds. The van der Waals surface area contributed by atoms with E-state index in [9.17, 15) is 0 Å². The summed E-state index contributed by atoms with van der Waals surface area (Å²) in [7, 11) is 0. The zero-order valence-corrected chi connectivity index (χ0v) is 11.7. The highest BCUT2D eigenvalue weighted by Crippen LogP contribution is 2.36. The molecule has 3 heteroatoms. The topological polar surface area (TPSA) is 38.0 Å². The van der Waals surface area contributed by atoms with Gasteiger partial charge in [0, 0.05) is 23.5 Å². The lowest BCUT2D eigenvalue weighted by Crippen LogP contribution is -2.58. The summed E-state index contributed by atoms with van der Waals surface area (Å²) in [6.45, 7) is 6.42. The number of hydrogen-bond acceptors (Lipinski definition) is 3. The third-order valence-corrected chi connectivity index (χ3v) is 5.18. The van der Waals surface area contributed by atoms with Gasteiger partial charge in [-0.15, -0.1) is 11.3 Å². The molecule has 96 valence electrons. The smallest absolute Gasteiger partial charge is 0.0335 e. The largest absolute Gasteiger partial charge is 0.329 e. The first kappa shape index (κ1) is 13.1. The first-order valence-electron chi connectivity index (χ1n) is 6.64. The van der Waals surface area contributed by atoms with E-state index < -0.39 is 0 Å². The minimum absolute atomic E-state index is 0.154. The van der Waals surface area contributed by atoms with Crippen LogP contribution in [0.5, 0.6) is 0 Å². The third-order valence-electron chi connectivity index (χ3n) is 4.31. The van der Waals surface area contributed by atoms with E-state index in [-0.39, 0.29) is 5.54 Å². The normalized spacial score (nSPS) is 33.8. The average Bonchev–Trinajstić information content (AvgIpc) is 2.84. The molecule has 0 radical (unpaired) electrons. The van der Waals surface area contributed by atoms with Gasteiger partial charge in [-0.3, -0.25) is 0 Å². The van der Waals surface area contributed by atoms with Gasteiger partial charge in [-0.25, -0.2) is 0 Å². The second kappa shape index (κ2) is 5.51. The molecule has 1 saturated carbocycles. The molecule has 2 nitrogen and oxygen atoms in total. The van der Waals surface area contributed by atoms with Crippen molar-refractivity contribution in [3.63, 3.8) is 0 Å². The molecule has 1 aliphatic rings. The lowest BCUT2D eigenvalue weighted by Gasteiger charge is -2.45. The lowest BCUT2D eigenvalue weighted by molar-refractivity contribution is 0.125. The molecule has 1 aromatic rings. The maximum absolute atomic E-state index is 6.07. The molecule has 1 aliphatic carbocycles. The van der Waals surface area contributed by atoms with Crippen molar-refractivity contribution in [2.45, 2.75) is 45.2 Å². The van der Waals surface area contributed by atoms with Crippen LogP contribution in [-0.4, -0.2) is 12.1 Å². The van der Waals surface area contributed by atoms with Gasteiger partial charge in [0.15, 0.2) is 0 Å². The van der Waals surface area contributed by atoms with Crippen molar-refractivity contribution >= 4 is 11.3 Å². The zero-order chi connectivity index (χ0) is 12.3. The van der Waals surface area contributed by atoms with E-state index in [4.69, 9.17) is 5.73 Å². The predicted octanol–water partition coefficient (Wildman–Crippen LogP) is 2.99. The highest BCUT2D eigenvalue weighted by Gasteiger charge is 2.38. The zero-order valence-electron chi connectivity index (χ0n) is 10.9. The Kier molecular flexibility index (Phi) is 4.23. The molecule has 0 saturated heterocycles. The van der Waals surface area contributed by atoms with Crippen LogP contribution in [0.3, 0.4) is 0 Å². The van der Waals surface area contributed by atoms with Crippen molar-refractivity contribution in [1.82, 2.24) is 5.32 Å². The maximum Gasteiger partial charge on any atom is 0.0335 e. The van der Waals surface area contributed by atoms with E-state index in [2.05, 4.69) is 36.7 Å². The molecule has 1 aromatic heterocycles. The fourth-order valence-corrected chi connectivity index (χ4v) is 3.66. The van der Waals surface area contributed by atoms with E-state index in [1.54, 1.807) is 0 Å². The van der Waals surface area contributed by atoms with Crippen LogP contribution in [0.2, 0.25) is 0 Å². The van der Waals surface area contributed by atoms with E-state index in [1.165, 1.54) is 24.1 Å². The van der Waals surface area contributed by atoms with Crippen molar-refractivity contribution in [2.24, 2.45) is 17.6 Å². The quantitative estimate of drug-likeness (QED) is 0.864. The number of nitrogens with one attached hydrogen (secondary N) is 1. The Bertz CT molecular complexity index is 336. The molecule has 0 aliphatic heterocycles. The molecule has 2 rings (SSSR count). The van der Waals surface area contributed by atoms with Crippen LogP contribution in [0.1, 0.15) is 38.0 Å². The van der Waals surface area contributed by atoms with Gasteiger partial charge in [-0.05, 0) is 36.1 Å². The molecule has 3 unspecified atom stereocenters. The molecule has 0 bridgehead atoms. The van der Waals surface area contributed by atoms with Crippen LogP contribution < -0.4 is 11.1 Å². The summed E-state index contributed by atoms with van der Waals surface area (Å²) in [5.74, 6) is 1.48. The third kappa shape index (κ3) is 2.90. The highest BCUT2D eigenvalue weighted by atomic mass is 32.1. The summed E-state index contributed by atoms with van der Waals surface area (Å²) >= 11 is 1.82. The van der Waals surface area contributed by atoms with E-state index >= 15 is 0 Å². The highest BCUT2D eigenvalue weighted by molar-refractivity contribution is 7.09. The number of thiophene rings is 1. The summed E-state index contributed by atoms with van der Waals surface area (Å²) in [6, 6.07) is 4.31. The van der Waals surface area contributed by atoms with Crippen molar-refractivity contribution in [3.05, 3.63) is 22.4 Å². The molecule has 17 heavy (non-hydrogen) atoms. The number of nitrogens with two attached hydrogens (primary N) is 1. The van der Waals surface area contributed by atoms with Gasteiger partial charge in [-0.2, -0.15) is 0 Å². The van der Waals surface area contributed by atoms with Gasteiger partial charge in [-0.1, -0.05) is 26.3 Å². The van der Waals surface area contributed by atoms with Crippen molar-refractivity contribution in [3.8, 4) is 0 Å². The van der Waals surface area contributed by atoms with Crippen molar-refractivity contribution in [2.75, 3.05) is 6.54 Å². The minimum atomic E-state index is 0.154. The molecular formula is C14H24N2S. The summed E-state index contributed by atoms with van der Waals surface area (Å²) in [6.07, 6.45) is 3.87. The molecule has 1 fully saturated rings. The van der Waals surface area contributed by atoms with Crippen LogP contribution >= 0.6 is 11.3 Å². The predicted molar refractivity (Wildman–Crippen MR) is 75.1 cm³/mol. The average molecular weight is 252 g/mol. The molecule has 3 N–H and O–H groups in total. The molecule has 0 spiro atoms. The Morgan fingerprint density at radius 1 is 1.47 bits per heavy atom. The number of hydrogen-bond donors (Lipinski definition) is 2. The maximum atomic E-state index is 6.07. The number of rotatable bonds is 4. The van der Waals surface area contributed by atoms with Gasteiger partial charge in [0.05, 0.1) is 0 Å².